The van der Waals surface area contributed by atoms with Crippen molar-refractivity contribution < 1.29 is 9.52 Å². The van der Waals surface area contributed by atoms with E-state index in [4.69, 9.17) is 4.42 Å². The zero-order chi connectivity index (χ0) is 12.2. The van der Waals surface area contributed by atoms with Crippen LogP contribution in [0.15, 0.2) is 9.64 Å². The molecule has 5 nitrogen and oxygen atoms in total. The number of aliphatic hydroxyl groups is 1. The van der Waals surface area contributed by atoms with E-state index >= 15 is 0 Å². The topological polar surface area (TPSA) is 71.2 Å². The van der Waals surface area contributed by atoms with E-state index in [9.17, 15) is 5.11 Å². The number of nitrogens with one attached hydrogen (secondary N) is 1. The van der Waals surface area contributed by atoms with E-state index in [1.54, 1.807) is 6.92 Å². The van der Waals surface area contributed by atoms with Crippen LogP contribution in [0.5, 0.6) is 0 Å². The summed E-state index contributed by atoms with van der Waals surface area (Å²) in [5.41, 5.74) is 0.0206. The normalized spacial score (nSPS) is 14.1. The van der Waals surface area contributed by atoms with Gasteiger partial charge in [0, 0.05) is 24.8 Å². The Labute approximate surface area is 100 Å². The van der Waals surface area contributed by atoms with Crippen molar-refractivity contribution in [1.82, 2.24) is 15.5 Å². The Bertz CT molecular complexity index is 322. The molecule has 1 atom stereocenters. The lowest BCUT2D eigenvalue weighted by molar-refractivity contribution is 0.183. The van der Waals surface area contributed by atoms with Crippen LogP contribution in [0.3, 0.4) is 0 Å². The van der Waals surface area contributed by atoms with E-state index in [1.807, 2.05) is 0 Å². The Morgan fingerprint density at radius 3 is 2.62 bits per heavy atom. The Kier molecular flexibility index (Phi) is 4.76. The molecule has 1 aromatic rings. The highest BCUT2D eigenvalue weighted by Gasteiger charge is 2.13. The van der Waals surface area contributed by atoms with Crippen LogP contribution in [0, 0.1) is 6.92 Å². The molecule has 0 fully saturated rings. The van der Waals surface area contributed by atoms with Gasteiger partial charge in [0.15, 0.2) is 0 Å². The van der Waals surface area contributed by atoms with E-state index in [0.29, 0.717) is 23.4 Å². The van der Waals surface area contributed by atoms with Gasteiger partial charge >= 0.3 is 0 Å². The molecular weight excluding hydrogens is 226 g/mol. The summed E-state index contributed by atoms with van der Waals surface area (Å²) < 4.78 is 5.19. The van der Waals surface area contributed by atoms with Crippen molar-refractivity contribution in [2.75, 3.05) is 12.3 Å². The quantitative estimate of drug-likeness (QED) is 0.760. The molecule has 16 heavy (non-hydrogen) atoms. The number of rotatable bonds is 5. The van der Waals surface area contributed by atoms with Crippen LogP contribution in [0.25, 0.3) is 0 Å². The molecule has 0 aliphatic heterocycles. The number of nitrogens with zero attached hydrogens (tertiary/aromatic N) is 2. The van der Waals surface area contributed by atoms with Gasteiger partial charge in [-0.3, -0.25) is 0 Å². The molecule has 0 saturated heterocycles. The predicted molar refractivity (Wildman–Crippen MR) is 63.5 cm³/mol. The van der Waals surface area contributed by atoms with Gasteiger partial charge < -0.3 is 14.8 Å². The minimum Gasteiger partial charge on any atom is -0.416 e. The fraction of sp³-hybridized carbons (Fsp3) is 0.800. The summed E-state index contributed by atoms with van der Waals surface area (Å²) in [7, 11) is 0. The molecule has 6 heteroatoms. The third kappa shape index (κ3) is 5.48. The second-order valence-electron chi connectivity index (χ2n) is 4.68. The molecule has 0 bridgehead atoms. The molecule has 0 aliphatic rings. The lowest BCUT2D eigenvalue weighted by Gasteiger charge is -2.22. The molecule has 1 aromatic heterocycles. The number of hydrogen-bond acceptors (Lipinski definition) is 6. The summed E-state index contributed by atoms with van der Waals surface area (Å²) in [6.45, 7) is 8.49. The first-order valence-corrected chi connectivity index (χ1v) is 6.21. The van der Waals surface area contributed by atoms with E-state index < -0.39 is 6.10 Å². The van der Waals surface area contributed by atoms with Crippen LogP contribution in [0.2, 0.25) is 0 Å². The van der Waals surface area contributed by atoms with Gasteiger partial charge in [0.05, 0.1) is 6.10 Å². The Hall–Kier alpha value is -0.590. The first-order valence-electron chi connectivity index (χ1n) is 5.23. The highest BCUT2D eigenvalue weighted by Crippen LogP contribution is 2.16. The molecule has 0 amide bonds. The number of hydrogen-bond donors (Lipinski definition) is 2. The molecule has 0 aliphatic carbocycles. The highest BCUT2D eigenvalue weighted by atomic mass is 32.2. The zero-order valence-corrected chi connectivity index (χ0v) is 11.0. The van der Waals surface area contributed by atoms with Crippen molar-refractivity contribution in [3.63, 3.8) is 0 Å². The second kappa shape index (κ2) is 5.65. The van der Waals surface area contributed by atoms with Gasteiger partial charge in [-0.1, -0.05) is 11.8 Å². The number of aromatic nitrogens is 2. The van der Waals surface area contributed by atoms with Crippen LogP contribution in [0.1, 0.15) is 26.7 Å². The minimum absolute atomic E-state index is 0.0206. The van der Waals surface area contributed by atoms with Gasteiger partial charge in [0.25, 0.3) is 5.22 Å². The van der Waals surface area contributed by atoms with Gasteiger partial charge in [-0.25, -0.2) is 0 Å². The fourth-order valence-corrected chi connectivity index (χ4v) is 1.72. The van der Waals surface area contributed by atoms with Gasteiger partial charge in [-0.15, -0.1) is 10.2 Å². The molecule has 0 spiro atoms. The first kappa shape index (κ1) is 13.5. The molecule has 0 aromatic carbocycles. The average Bonchev–Trinajstić information content (AvgIpc) is 2.57. The number of thioether (sulfide) groups is 1. The third-order valence-corrected chi connectivity index (χ3v) is 2.74. The first-order chi connectivity index (χ1) is 7.37. The maximum absolute atomic E-state index is 9.71. The molecule has 1 rings (SSSR count). The Balaban J connectivity index is 2.22. The lowest BCUT2D eigenvalue weighted by atomic mass is 10.1. The van der Waals surface area contributed by atoms with E-state index in [2.05, 4.69) is 36.3 Å². The van der Waals surface area contributed by atoms with Crippen molar-refractivity contribution in [2.45, 2.75) is 44.6 Å². The van der Waals surface area contributed by atoms with Crippen LogP contribution >= 0.6 is 11.8 Å². The summed E-state index contributed by atoms with van der Waals surface area (Å²) in [6, 6.07) is 0. The molecule has 0 saturated carbocycles. The fourth-order valence-electron chi connectivity index (χ4n) is 0.987. The van der Waals surface area contributed by atoms with Crippen molar-refractivity contribution >= 4 is 11.8 Å². The largest absolute Gasteiger partial charge is 0.416 e. The van der Waals surface area contributed by atoms with Crippen LogP contribution in [-0.4, -0.2) is 39.2 Å². The van der Waals surface area contributed by atoms with Crippen LogP contribution in [0.4, 0.5) is 0 Å². The second-order valence-corrected chi connectivity index (χ2v) is 5.65. The smallest absolute Gasteiger partial charge is 0.276 e. The maximum atomic E-state index is 9.71. The molecule has 1 unspecified atom stereocenters. The molecular formula is C10H19N3O2S. The van der Waals surface area contributed by atoms with Crippen LogP contribution in [-0.2, 0) is 0 Å². The predicted octanol–water partition coefficient (Wildman–Crippen LogP) is 1.22. The average molecular weight is 245 g/mol. The lowest BCUT2D eigenvalue weighted by Crippen LogP contribution is -2.41. The van der Waals surface area contributed by atoms with Gasteiger partial charge in [0.1, 0.15) is 0 Å². The summed E-state index contributed by atoms with van der Waals surface area (Å²) in [5, 5.41) is 21.0. The van der Waals surface area contributed by atoms with Crippen molar-refractivity contribution in [2.24, 2.45) is 0 Å². The minimum atomic E-state index is -0.420. The number of aryl methyl sites for hydroxylation is 1. The summed E-state index contributed by atoms with van der Waals surface area (Å²) in [4.78, 5) is 0. The summed E-state index contributed by atoms with van der Waals surface area (Å²) in [6.07, 6.45) is -0.420. The van der Waals surface area contributed by atoms with Gasteiger partial charge in [0.2, 0.25) is 5.89 Å². The van der Waals surface area contributed by atoms with Gasteiger partial charge in [-0.2, -0.15) is 0 Å². The van der Waals surface area contributed by atoms with E-state index in [1.165, 1.54) is 11.8 Å². The molecule has 1 heterocycles. The van der Waals surface area contributed by atoms with Crippen molar-refractivity contribution in [3.8, 4) is 0 Å². The molecule has 0 radical (unpaired) electrons. The highest BCUT2D eigenvalue weighted by molar-refractivity contribution is 7.99. The zero-order valence-electron chi connectivity index (χ0n) is 10.1. The van der Waals surface area contributed by atoms with Crippen molar-refractivity contribution in [1.29, 1.82) is 0 Å². The van der Waals surface area contributed by atoms with Crippen LogP contribution < -0.4 is 5.32 Å². The number of aliphatic hydroxyl groups excluding tert-OH is 1. The monoisotopic (exact) mass is 245 g/mol. The molecule has 92 valence electrons. The summed E-state index contributed by atoms with van der Waals surface area (Å²) in [5.74, 6) is 1.09. The maximum Gasteiger partial charge on any atom is 0.276 e. The van der Waals surface area contributed by atoms with Gasteiger partial charge in [-0.05, 0) is 20.8 Å². The van der Waals surface area contributed by atoms with Crippen molar-refractivity contribution in [3.05, 3.63) is 5.89 Å². The molecule has 2 N–H and O–H groups in total. The number of β-amino-alcohol motifs (C(OH)–C–C–N with tert-alkyl or cyclic N) is 1. The van der Waals surface area contributed by atoms with E-state index in [-0.39, 0.29) is 5.54 Å². The standard InChI is InChI=1S/C10H19N3O2S/c1-7-12-13-9(15-7)16-6-8(14)5-11-10(2,3)4/h8,11,14H,5-6H2,1-4H3. The third-order valence-electron chi connectivity index (χ3n) is 1.77. The Morgan fingerprint density at radius 1 is 1.44 bits per heavy atom. The summed E-state index contributed by atoms with van der Waals surface area (Å²) >= 11 is 1.37. The Morgan fingerprint density at radius 2 is 2.12 bits per heavy atom. The SMILES string of the molecule is Cc1nnc(SCC(O)CNC(C)(C)C)o1. The van der Waals surface area contributed by atoms with E-state index in [0.717, 1.165) is 0 Å².